The van der Waals surface area contributed by atoms with Crippen LogP contribution in [0.2, 0.25) is 0 Å². The topological polar surface area (TPSA) is 98.4 Å². The van der Waals surface area contributed by atoms with Gasteiger partial charge in [0.05, 0.1) is 5.69 Å². The van der Waals surface area contributed by atoms with Crippen LogP contribution < -0.4 is 16.0 Å². The lowest BCUT2D eigenvalue weighted by molar-refractivity contribution is 0.134. The van der Waals surface area contributed by atoms with Crippen LogP contribution in [0.4, 0.5) is 4.39 Å². The number of aromatic nitrogens is 5. The van der Waals surface area contributed by atoms with Crippen LogP contribution in [0.1, 0.15) is 0 Å². The highest BCUT2D eigenvalue weighted by molar-refractivity contribution is 5.73. The summed E-state index contributed by atoms with van der Waals surface area (Å²) in [7, 11) is 3.49. The summed E-state index contributed by atoms with van der Waals surface area (Å²) >= 11 is 0. The molecule has 1 fully saturated rings. The van der Waals surface area contributed by atoms with Crippen LogP contribution in [-0.2, 0) is 7.05 Å². The van der Waals surface area contributed by atoms with E-state index in [1.165, 1.54) is 35.9 Å². The van der Waals surface area contributed by atoms with Gasteiger partial charge in [-0.3, -0.25) is 14.3 Å². The minimum atomic E-state index is -0.624. The summed E-state index contributed by atoms with van der Waals surface area (Å²) in [5, 5.41) is 8.31. The molecule has 0 spiro atoms. The number of hydrogen-bond donors (Lipinski definition) is 0. The molecule has 4 aromatic rings. The smallest absolute Gasteiger partial charge is 0.337 e. The molecule has 0 saturated carbocycles. The van der Waals surface area contributed by atoms with Crippen molar-refractivity contribution in [1.82, 2.24) is 34.1 Å². The Hall–Kier alpha value is -3.96. The average molecular weight is 492 g/mol. The van der Waals surface area contributed by atoms with Gasteiger partial charge < -0.3 is 9.64 Å². The Balaban J connectivity index is 1.38. The van der Waals surface area contributed by atoms with Crippen molar-refractivity contribution in [2.45, 2.75) is 0 Å². The number of halogens is 1. The molecular weight excluding hydrogens is 465 g/mol. The van der Waals surface area contributed by atoms with Crippen LogP contribution in [0.25, 0.3) is 28.2 Å². The first-order valence-corrected chi connectivity index (χ1v) is 11.7. The second-order valence-electron chi connectivity index (χ2n) is 8.78. The van der Waals surface area contributed by atoms with Gasteiger partial charge in [-0.1, -0.05) is 0 Å². The number of fused-ring (bicyclic) bond motifs is 1. The molecule has 0 N–H and O–H groups in total. The number of rotatable bonds is 6. The highest BCUT2D eigenvalue weighted by Crippen LogP contribution is 2.20. The third-order valence-electron chi connectivity index (χ3n) is 6.34. The van der Waals surface area contributed by atoms with Gasteiger partial charge >= 0.3 is 5.69 Å². The first-order chi connectivity index (χ1) is 17.4. The Bertz CT molecular complexity index is 1490. The van der Waals surface area contributed by atoms with E-state index in [0.29, 0.717) is 17.9 Å². The van der Waals surface area contributed by atoms with E-state index in [0.717, 1.165) is 43.0 Å². The standard InChI is InChI=1S/C25H26FN7O3/c1-30-11-13-32(14-12-30)15-16-36-20-9-3-17(4-10-20)22-27-21-23(29-28-22)33(25(35)31(2)24(21)34)19-7-5-18(26)6-8-19/h3-10H,11-16H2,1-2H3. The quantitative estimate of drug-likeness (QED) is 0.398. The summed E-state index contributed by atoms with van der Waals surface area (Å²) < 4.78 is 21.4. The van der Waals surface area contributed by atoms with Crippen molar-refractivity contribution in [3.63, 3.8) is 0 Å². The summed E-state index contributed by atoms with van der Waals surface area (Å²) in [6.45, 7) is 5.68. The minimum absolute atomic E-state index is 0.00215. The molecule has 0 unspecified atom stereocenters. The lowest BCUT2D eigenvalue weighted by atomic mass is 10.2. The Morgan fingerprint density at radius 1 is 0.917 bits per heavy atom. The summed E-state index contributed by atoms with van der Waals surface area (Å²) in [5.74, 6) is 0.523. The molecule has 1 saturated heterocycles. The maximum atomic E-state index is 13.4. The molecule has 0 radical (unpaired) electrons. The molecule has 0 bridgehead atoms. The summed E-state index contributed by atoms with van der Waals surface area (Å²) in [5.41, 5.74) is -0.225. The number of hydrogen-bond acceptors (Lipinski definition) is 8. The van der Waals surface area contributed by atoms with Crippen LogP contribution in [0.15, 0.2) is 58.1 Å². The number of nitrogens with zero attached hydrogens (tertiary/aromatic N) is 7. The highest BCUT2D eigenvalue weighted by atomic mass is 19.1. The van der Waals surface area contributed by atoms with Crippen molar-refractivity contribution in [3.05, 3.63) is 75.2 Å². The molecular formula is C25H26FN7O3. The third-order valence-corrected chi connectivity index (χ3v) is 6.34. The van der Waals surface area contributed by atoms with Crippen LogP contribution in [0.5, 0.6) is 5.75 Å². The Morgan fingerprint density at radius 2 is 1.61 bits per heavy atom. The molecule has 11 heteroatoms. The molecule has 0 amide bonds. The second kappa shape index (κ2) is 9.96. The highest BCUT2D eigenvalue weighted by Gasteiger charge is 2.17. The molecule has 186 valence electrons. The van der Waals surface area contributed by atoms with E-state index in [9.17, 15) is 14.0 Å². The van der Waals surface area contributed by atoms with Gasteiger partial charge in [0.1, 0.15) is 18.2 Å². The van der Waals surface area contributed by atoms with Gasteiger partial charge in [0.25, 0.3) is 5.56 Å². The van der Waals surface area contributed by atoms with Gasteiger partial charge in [-0.2, -0.15) is 0 Å². The van der Waals surface area contributed by atoms with E-state index in [1.807, 2.05) is 12.1 Å². The molecule has 36 heavy (non-hydrogen) atoms. The molecule has 2 aromatic carbocycles. The molecule has 0 aliphatic carbocycles. The van der Waals surface area contributed by atoms with E-state index in [-0.39, 0.29) is 17.0 Å². The summed E-state index contributed by atoms with van der Waals surface area (Å²) in [6, 6.07) is 12.6. The molecule has 1 aliphatic heterocycles. The van der Waals surface area contributed by atoms with E-state index >= 15 is 0 Å². The fraction of sp³-hybridized carbons (Fsp3) is 0.320. The Morgan fingerprint density at radius 3 is 2.31 bits per heavy atom. The number of benzene rings is 2. The predicted octanol–water partition coefficient (Wildman–Crippen LogP) is 1.31. The maximum absolute atomic E-state index is 13.4. The van der Waals surface area contributed by atoms with Crippen molar-refractivity contribution in [2.24, 2.45) is 7.05 Å². The first kappa shape index (κ1) is 23.8. The predicted molar refractivity (Wildman–Crippen MR) is 133 cm³/mol. The third kappa shape index (κ3) is 4.75. The van der Waals surface area contributed by atoms with Crippen LogP contribution in [-0.4, -0.2) is 80.5 Å². The fourth-order valence-corrected chi connectivity index (χ4v) is 4.11. The largest absolute Gasteiger partial charge is 0.492 e. The molecule has 2 aromatic heterocycles. The monoisotopic (exact) mass is 491 g/mol. The first-order valence-electron chi connectivity index (χ1n) is 11.7. The van der Waals surface area contributed by atoms with Gasteiger partial charge in [0, 0.05) is 45.3 Å². The fourth-order valence-electron chi connectivity index (χ4n) is 4.11. The van der Waals surface area contributed by atoms with Gasteiger partial charge in [-0.05, 0) is 55.6 Å². The maximum Gasteiger partial charge on any atom is 0.337 e. The van der Waals surface area contributed by atoms with Gasteiger partial charge in [0.15, 0.2) is 17.0 Å². The van der Waals surface area contributed by atoms with Crippen molar-refractivity contribution >= 4 is 11.2 Å². The molecule has 1 aliphatic rings. The minimum Gasteiger partial charge on any atom is -0.492 e. The molecule has 3 heterocycles. The Labute approximate surface area is 206 Å². The Kier molecular flexibility index (Phi) is 6.57. The van der Waals surface area contributed by atoms with Gasteiger partial charge in [0.2, 0.25) is 0 Å². The van der Waals surface area contributed by atoms with Crippen LogP contribution >= 0.6 is 0 Å². The average Bonchev–Trinajstić information content (AvgIpc) is 2.90. The van der Waals surface area contributed by atoms with E-state index < -0.39 is 17.1 Å². The zero-order chi connectivity index (χ0) is 25.2. The van der Waals surface area contributed by atoms with Crippen molar-refractivity contribution in [2.75, 3.05) is 46.4 Å². The summed E-state index contributed by atoms with van der Waals surface area (Å²) in [6.07, 6.45) is 0. The van der Waals surface area contributed by atoms with Crippen molar-refractivity contribution in [1.29, 1.82) is 0 Å². The zero-order valence-electron chi connectivity index (χ0n) is 20.1. The van der Waals surface area contributed by atoms with E-state index in [2.05, 4.69) is 32.0 Å². The van der Waals surface area contributed by atoms with E-state index in [1.54, 1.807) is 12.1 Å². The van der Waals surface area contributed by atoms with Crippen molar-refractivity contribution < 1.29 is 9.13 Å². The zero-order valence-corrected chi connectivity index (χ0v) is 20.1. The van der Waals surface area contributed by atoms with Gasteiger partial charge in [-0.25, -0.2) is 18.7 Å². The van der Waals surface area contributed by atoms with Crippen LogP contribution in [0.3, 0.4) is 0 Å². The lowest BCUT2D eigenvalue weighted by Gasteiger charge is -2.32. The van der Waals surface area contributed by atoms with Crippen molar-refractivity contribution in [3.8, 4) is 22.8 Å². The number of ether oxygens (including phenoxy) is 1. The molecule has 5 rings (SSSR count). The van der Waals surface area contributed by atoms with Gasteiger partial charge in [-0.15, -0.1) is 10.2 Å². The molecule has 0 atom stereocenters. The number of piperazine rings is 1. The number of likely N-dealkylation sites (N-methyl/N-ethyl adjacent to an activating group) is 1. The van der Waals surface area contributed by atoms with E-state index in [4.69, 9.17) is 4.74 Å². The second-order valence-corrected chi connectivity index (χ2v) is 8.78. The lowest BCUT2D eigenvalue weighted by Crippen LogP contribution is -2.45. The SMILES string of the molecule is CN1CCN(CCOc2ccc(-c3nnc4c(n3)c(=O)n(C)c(=O)n4-c3ccc(F)cc3)cc2)CC1. The van der Waals surface area contributed by atoms with Crippen LogP contribution in [0, 0.1) is 5.82 Å². The summed E-state index contributed by atoms with van der Waals surface area (Å²) in [4.78, 5) is 34.7. The molecule has 10 nitrogen and oxygen atoms in total. The normalized spacial score (nSPS) is 14.9.